The van der Waals surface area contributed by atoms with Gasteiger partial charge in [0.2, 0.25) is 0 Å². The lowest BCUT2D eigenvalue weighted by Gasteiger charge is -2.34. The maximum Gasteiger partial charge on any atom is 0.335 e. The van der Waals surface area contributed by atoms with Crippen molar-refractivity contribution in [3.8, 4) is 5.75 Å². The summed E-state index contributed by atoms with van der Waals surface area (Å²) in [5.74, 6) is 0.0657. The van der Waals surface area contributed by atoms with E-state index in [1.807, 2.05) is 24.3 Å². The third-order valence-corrected chi connectivity index (χ3v) is 4.65. The number of aromatic carboxylic acids is 1. The fraction of sp³-hybridized carbons (Fsp3) is 0.286. The van der Waals surface area contributed by atoms with E-state index in [-0.39, 0.29) is 5.41 Å². The number of carboxylic acids is 1. The minimum absolute atomic E-state index is 0.0758. The van der Waals surface area contributed by atoms with Crippen molar-refractivity contribution in [2.24, 2.45) is 0 Å². The topological polar surface area (TPSA) is 46.5 Å². The van der Waals surface area contributed by atoms with Gasteiger partial charge in [-0.25, -0.2) is 4.79 Å². The lowest BCUT2D eigenvalue weighted by Crippen LogP contribution is -2.27. The number of fused-ring (bicyclic) bond motifs is 1. The van der Waals surface area contributed by atoms with Crippen LogP contribution in [-0.4, -0.2) is 17.7 Å². The quantitative estimate of drug-likeness (QED) is 0.808. The molecule has 0 aromatic heterocycles. The van der Waals surface area contributed by atoms with E-state index >= 15 is 0 Å². The van der Waals surface area contributed by atoms with Crippen molar-refractivity contribution in [1.82, 2.24) is 0 Å². The van der Waals surface area contributed by atoms with Gasteiger partial charge in [-0.15, -0.1) is 0 Å². The smallest absolute Gasteiger partial charge is 0.335 e. The second-order valence-corrected chi connectivity index (χ2v) is 6.92. The predicted molar refractivity (Wildman–Crippen MR) is 96.5 cm³/mol. The fourth-order valence-electron chi connectivity index (χ4n) is 3.27. The second kappa shape index (κ2) is 6.16. The lowest BCUT2D eigenvalue weighted by molar-refractivity contribution is 0.0697. The van der Waals surface area contributed by atoms with Gasteiger partial charge in [0.25, 0.3) is 0 Å². The van der Waals surface area contributed by atoms with Crippen LogP contribution in [0.5, 0.6) is 5.75 Å². The van der Waals surface area contributed by atoms with Crippen LogP contribution in [0, 0.1) is 0 Å². The Hall–Kier alpha value is -2.55. The van der Waals surface area contributed by atoms with Crippen molar-refractivity contribution in [2.45, 2.75) is 32.6 Å². The first kappa shape index (κ1) is 16.3. The van der Waals surface area contributed by atoms with Gasteiger partial charge in [-0.1, -0.05) is 44.2 Å². The van der Waals surface area contributed by atoms with Gasteiger partial charge in [0.1, 0.15) is 5.75 Å². The van der Waals surface area contributed by atoms with Crippen LogP contribution in [0.15, 0.2) is 42.5 Å². The number of carbonyl (C=O) groups is 1. The number of rotatable bonds is 3. The molecule has 2 aromatic carbocycles. The fourth-order valence-corrected chi connectivity index (χ4v) is 3.27. The summed E-state index contributed by atoms with van der Waals surface area (Å²) in [7, 11) is 0. The number of carboxylic acid groups (broad SMARTS) is 1. The molecule has 2 aromatic rings. The summed E-state index contributed by atoms with van der Waals surface area (Å²) in [6, 6.07) is 13.1. The van der Waals surface area contributed by atoms with Gasteiger partial charge in [0.15, 0.2) is 0 Å². The lowest BCUT2D eigenvalue weighted by atomic mass is 9.76. The average molecular weight is 322 g/mol. The molecule has 0 saturated carbocycles. The zero-order chi connectivity index (χ0) is 17.3. The largest absolute Gasteiger partial charge is 0.493 e. The third-order valence-electron chi connectivity index (χ3n) is 4.65. The zero-order valence-corrected chi connectivity index (χ0v) is 14.3. The molecule has 3 heteroatoms. The van der Waals surface area contributed by atoms with Gasteiger partial charge in [-0.05, 0) is 53.7 Å². The molecular weight excluding hydrogens is 300 g/mol. The predicted octanol–water partition coefficient (Wildman–Crippen LogP) is 5.01. The van der Waals surface area contributed by atoms with Gasteiger partial charge < -0.3 is 9.84 Å². The molecule has 3 nitrogen and oxygen atoms in total. The number of benzene rings is 2. The first-order valence-corrected chi connectivity index (χ1v) is 8.17. The number of hydrogen-bond donors (Lipinski definition) is 1. The molecule has 0 amide bonds. The summed E-state index contributed by atoms with van der Waals surface area (Å²) in [4.78, 5) is 11.0. The van der Waals surface area contributed by atoms with Gasteiger partial charge in [0, 0.05) is 5.56 Å². The molecular formula is C21H22O3. The summed E-state index contributed by atoms with van der Waals surface area (Å²) in [5.41, 5.74) is 4.97. The first-order chi connectivity index (χ1) is 11.4. The van der Waals surface area contributed by atoms with Gasteiger partial charge in [-0.3, -0.25) is 0 Å². The Bertz CT molecular complexity index is 798. The molecule has 1 N–H and O–H groups in total. The standard InChI is InChI=1S/C21H22O3/c1-14(13-15-7-9-16(10-8-15)20(22)23)17-5-4-6-18-19(17)21(2,3)11-12-24-18/h4-10,13H,11-12H2,1-3H3,(H,22,23). The molecule has 0 atom stereocenters. The number of ether oxygens (including phenoxy) is 1. The summed E-state index contributed by atoms with van der Waals surface area (Å²) in [6.07, 6.45) is 3.09. The molecule has 3 rings (SSSR count). The Labute approximate surface area is 142 Å². The van der Waals surface area contributed by atoms with Crippen LogP contribution in [0.3, 0.4) is 0 Å². The molecule has 0 spiro atoms. The SMILES string of the molecule is CC(=Cc1ccc(C(=O)O)cc1)c1cccc2c1C(C)(C)CCO2. The van der Waals surface area contributed by atoms with Gasteiger partial charge >= 0.3 is 5.97 Å². The first-order valence-electron chi connectivity index (χ1n) is 8.17. The highest BCUT2D eigenvalue weighted by atomic mass is 16.5. The zero-order valence-electron chi connectivity index (χ0n) is 14.3. The molecule has 24 heavy (non-hydrogen) atoms. The Balaban J connectivity index is 2.01. The van der Waals surface area contributed by atoms with E-state index in [0.717, 1.165) is 29.9 Å². The highest BCUT2D eigenvalue weighted by Gasteiger charge is 2.31. The molecule has 1 aliphatic heterocycles. The van der Waals surface area contributed by atoms with Crippen LogP contribution in [0.1, 0.15) is 54.2 Å². The van der Waals surface area contributed by atoms with Crippen LogP contribution in [0.25, 0.3) is 11.6 Å². The highest BCUT2D eigenvalue weighted by Crippen LogP contribution is 2.42. The molecule has 0 radical (unpaired) electrons. The molecule has 1 aliphatic rings. The van der Waals surface area contributed by atoms with Crippen LogP contribution in [0.2, 0.25) is 0 Å². The van der Waals surface area contributed by atoms with Crippen molar-refractivity contribution in [3.05, 3.63) is 64.7 Å². The van der Waals surface area contributed by atoms with Crippen LogP contribution < -0.4 is 4.74 Å². The normalized spacial score (nSPS) is 16.2. The van der Waals surface area contributed by atoms with Gasteiger partial charge in [0.05, 0.1) is 12.2 Å². The molecule has 0 aliphatic carbocycles. The Kier molecular flexibility index (Phi) is 4.18. The monoisotopic (exact) mass is 322 g/mol. The third kappa shape index (κ3) is 3.07. The van der Waals surface area contributed by atoms with E-state index in [1.54, 1.807) is 12.1 Å². The van der Waals surface area contributed by atoms with Crippen LogP contribution in [-0.2, 0) is 5.41 Å². The Morgan fingerprint density at radius 3 is 2.54 bits per heavy atom. The van der Waals surface area contributed by atoms with Crippen molar-refractivity contribution in [3.63, 3.8) is 0 Å². The minimum atomic E-state index is -0.904. The minimum Gasteiger partial charge on any atom is -0.493 e. The summed E-state index contributed by atoms with van der Waals surface area (Å²) in [6.45, 7) is 7.36. The molecule has 124 valence electrons. The molecule has 0 fully saturated rings. The summed E-state index contributed by atoms with van der Waals surface area (Å²) < 4.78 is 5.85. The van der Waals surface area contributed by atoms with E-state index in [2.05, 4.69) is 32.9 Å². The summed E-state index contributed by atoms with van der Waals surface area (Å²) >= 11 is 0. The van der Waals surface area contributed by atoms with Crippen molar-refractivity contribution in [2.75, 3.05) is 6.61 Å². The average Bonchev–Trinajstić information content (AvgIpc) is 2.54. The van der Waals surface area contributed by atoms with E-state index in [9.17, 15) is 4.79 Å². The van der Waals surface area contributed by atoms with E-state index < -0.39 is 5.97 Å². The molecule has 0 saturated heterocycles. The van der Waals surface area contributed by atoms with Crippen LogP contribution in [0.4, 0.5) is 0 Å². The van der Waals surface area contributed by atoms with E-state index in [0.29, 0.717) is 5.56 Å². The van der Waals surface area contributed by atoms with Crippen molar-refractivity contribution in [1.29, 1.82) is 0 Å². The molecule has 0 unspecified atom stereocenters. The van der Waals surface area contributed by atoms with Crippen LogP contribution >= 0.6 is 0 Å². The highest BCUT2D eigenvalue weighted by molar-refractivity contribution is 5.88. The van der Waals surface area contributed by atoms with Crippen molar-refractivity contribution < 1.29 is 14.6 Å². The molecule has 1 heterocycles. The maximum atomic E-state index is 11.0. The molecule has 0 bridgehead atoms. The van der Waals surface area contributed by atoms with E-state index in [4.69, 9.17) is 9.84 Å². The van der Waals surface area contributed by atoms with Crippen molar-refractivity contribution >= 4 is 17.6 Å². The summed E-state index contributed by atoms with van der Waals surface area (Å²) in [5, 5.41) is 9.00. The maximum absolute atomic E-state index is 11.0. The number of hydrogen-bond acceptors (Lipinski definition) is 2. The van der Waals surface area contributed by atoms with Gasteiger partial charge in [-0.2, -0.15) is 0 Å². The number of allylic oxidation sites excluding steroid dienone is 1. The van der Waals surface area contributed by atoms with E-state index in [1.165, 1.54) is 11.1 Å². The second-order valence-electron chi connectivity index (χ2n) is 6.92. The Morgan fingerprint density at radius 2 is 1.88 bits per heavy atom. The Morgan fingerprint density at radius 1 is 1.17 bits per heavy atom.